The number of carbonyl (C=O) groups excluding carboxylic acids is 1. The summed E-state index contributed by atoms with van der Waals surface area (Å²) in [5, 5.41) is 1.15. The van der Waals surface area contributed by atoms with Gasteiger partial charge in [-0.15, -0.1) is 0 Å². The molecule has 0 N–H and O–H groups in total. The summed E-state index contributed by atoms with van der Waals surface area (Å²) in [6, 6.07) is 5.99. The Balaban J connectivity index is 2.19. The van der Waals surface area contributed by atoms with E-state index in [4.69, 9.17) is 16.3 Å². The van der Waals surface area contributed by atoms with Crippen LogP contribution in [0.4, 0.5) is 0 Å². The van der Waals surface area contributed by atoms with Crippen LogP contribution in [0.1, 0.15) is 34.3 Å². The van der Waals surface area contributed by atoms with Gasteiger partial charge in [-0.2, -0.15) is 0 Å². The summed E-state index contributed by atoms with van der Waals surface area (Å²) < 4.78 is 4.72. The highest BCUT2D eigenvalue weighted by molar-refractivity contribution is 6.33. The summed E-state index contributed by atoms with van der Waals surface area (Å²) in [6.07, 6.45) is 4.65. The Hall–Kier alpha value is -1.61. The van der Waals surface area contributed by atoms with E-state index in [1.807, 2.05) is 0 Å². The number of esters is 1. The molecule has 3 nitrogen and oxygen atoms in total. The van der Waals surface area contributed by atoms with Gasteiger partial charge in [-0.1, -0.05) is 11.6 Å². The molecule has 0 saturated carbocycles. The largest absolute Gasteiger partial charge is 0.465 e. The smallest absolute Gasteiger partial charge is 0.341 e. The van der Waals surface area contributed by atoms with E-state index in [9.17, 15) is 4.79 Å². The molecule has 98 valence electrons. The highest BCUT2D eigenvalue weighted by atomic mass is 35.5. The molecule has 0 amide bonds. The van der Waals surface area contributed by atoms with Gasteiger partial charge >= 0.3 is 5.97 Å². The molecule has 0 atom stereocenters. The Morgan fingerprint density at radius 1 is 1.21 bits per heavy atom. The zero-order chi connectivity index (χ0) is 13.4. The number of carbonyl (C=O) groups is 1. The molecule has 0 saturated heterocycles. The third kappa shape index (κ3) is 2.19. The molecule has 19 heavy (non-hydrogen) atoms. The molecule has 3 rings (SSSR count). The van der Waals surface area contributed by atoms with Crippen molar-refractivity contribution in [2.24, 2.45) is 0 Å². The summed E-state index contributed by atoms with van der Waals surface area (Å²) >= 11 is 6.05. The Kier molecular flexibility index (Phi) is 3.15. The molecule has 2 aromatic rings. The highest BCUT2D eigenvalue weighted by Crippen LogP contribution is 2.28. The number of nitrogens with zero attached hydrogens (tertiary/aromatic N) is 1. The minimum Gasteiger partial charge on any atom is -0.465 e. The third-order valence-corrected chi connectivity index (χ3v) is 3.93. The molecule has 0 bridgehead atoms. The van der Waals surface area contributed by atoms with Crippen molar-refractivity contribution in [1.29, 1.82) is 0 Å². The van der Waals surface area contributed by atoms with E-state index in [1.165, 1.54) is 31.1 Å². The van der Waals surface area contributed by atoms with Gasteiger partial charge in [-0.25, -0.2) is 9.78 Å². The number of halogens is 1. The Bertz CT molecular complexity index is 667. The number of aromatic nitrogens is 1. The number of ether oxygens (including phenoxy) is 1. The minimum atomic E-state index is -0.447. The first kappa shape index (κ1) is 12.4. The normalized spacial score (nSPS) is 14.2. The van der Waals surface area contributed by atoms with Crippen LogP contribution in [0.3, 0.4) is 0 Å². The van der Waals surface area contributed by atoms with Gasteiger partial charge in [0, 0.05) is 5.39 Å². The van der Waals surface area contributed by atoms with Gasteiger partial charge in [0.05, 0.1) is 18.2 Å². The van der Waals surface area contributed by atoms with Crippen molar-refractivity contribution in [3.05, 3.63) is 40.0 Å². The van der Waals surface area contributed by atoms with Crippen molar-refractivity contribution in [3.8, 4) is 0 Å². The minimum absolute atomic E-state index is 0.204. The van der Waals surface area contributed by atoms with Crippen molar-refractivity contribution in [2.75, 3.05) is 7.11 Å². The summed E-state index contributed by atoms with van der Waals surface area (Å²) in [5.74, 6) is -0.447. The van der Waals surface area contributed by atoms with Crippen LogP contribution in [0.25, 0.3) is 10.9 Å². The van der Waals surface area contributed by atoms with E-state index >= 15 is 0 Å². The van der Waals surface area contributed by atoms with Crippen molar-refractivity contribution in [2.45, 2.75) is 25.7 Å². The predicted octanol–water partition coefficient (Wildman–Crippen LogP) is 3.55. The average molecular weight is 276 g/mol. The van der Waals surface area contributed by atoms with Gasteiger partial charge in [-0.3, -0.25) is 0 Å². The fraction of sp³-hybridized carbons (Fsp3) is 0.333. The lowest BCUT2D eigenvalue weighted by Gasteiger charge is -2.16. The standard InChI is InChI=1S/C15H14ClNO2/c1-19-15(18)12-7-11-6-9-4-2-3-5-10(9)8-13(11)17-14(12)16/h6-8H,2-5H2,1H3. The number of benzene rings is 1. The maximum atomic E-state index is 11.6. The molecular formula is C15H14ClNO2. The zero-order valence-electron chi connectivity index (χ0n) is 10.7. The van der Waals surface area contributed by atoms with Crippen molar-refractivity contribution >= 4 is 28.5 Å². The van der Waals surface area contributed by atoms with Gasteiger partial charge in [0.25, 0.3) is 0 Å². The molecule has 0 fully saturated rings. The topological polar surface area (TPSA) is 39.2 Å². The third-order valence-electron chi connectivity index (χ3n) is 3.64. The van der Waals surface area contributed by atoms with Crippen molar-refractivity contribution in [3.63, 3.8) is 0 Å². The second-order valence-corrected chi connectivity index (χ2v) is 5.20. The van der Waals surface area contributed by atoms with E-state index in [0.29, 0.717) is 5.56 Å². The van der Waals surface area contributed by atoms with Crippen LogP contribution in [0.15, 0.2) is 18.2 Å². The van der Waals surface area contributed by atoms with Gasteiger partial charge < -0.3 is 4.74 Å². The number of aryl methyl sites for hydroxylation is 2. The number of hydrogen-bond donors (Lipinski definition) is 0. The molecule has 4 heteroatoms. The maximum absolute atomic E-state index is 11.6. The van der Waals surface area contributed by atoms with Crippen molar-refractivity contribution < 1.29 is 9.53 Å². The summed E-state index contributed by atoms with van der Waals surface area (Å²) in [5.41, 5.74) is 3.89. The summed E-state index contributed by atoms with van der Waals surface area (Å²) in [6.45, 7) is 0. The van der Waals surface area contributed by atoms with E-state index in [2.05, 4.69) is 17.1 Å². The molecule has 1 aromatic heterocycles. The van der Waals surface area contributed by atoms with Crippen LogP contribution >= 0.6 is 11.6 Å². The maximum Gasteiger partial charge on any atom is 0.341 e. The van der Waals surface area contributed by atoms with Gasteiger partial charge in [0.1, 0.15) is 5.15 Å². The number of pyridine rings is 1. The van der Waals surface area contributed by atoms with Gasteiger partial charge in [-0.05, 0) is 55.0 Å². The number of rotatable bonds is 1. The molecule has 1 heterocycles. The lowest BCUT2D eigenvalue weighted by molar-refractivity contribution is 0.0600. The number of hydrogen-bond acceptors (Lipinski definition) is 3. The SMILES string of the molecule is COC(=O)c1cc2cc3c(cc2nc1Cl)CCCC3. The van der Waals surface area contributed by atoms with Gasteiger partial charge in [0.15, 0.2) is 0 Å². The predicted molar refractivity (Wildman–Crippen MR) is 74.7 cm³/mol. The van der Waals surface area contributed by atoms with Crippen LogP contribution in [-0.2, 0) is 17.6 Å². The molecule has 1 aromatic carbocycles. The zero-order valence-corrected chi connectivity index (χ0v) is 11.5. The van der Waals surface area contributed by atoms with Crippen LogP contribution in [0.5, 0.6) is 0 Å². The lowest BCUT2D eigenvalue weighted by atomic mass is 9.90. The first-order chi connectivity index (χ1) is 9.19. The quantitative estimate of drug-likeness (QED) is 0.590. The highest BCUT2D eigenvalue weighted by Gasteiger charge is 2.16. The number of fused-ring (bicyclic) bond motifs is 2. The second kappa shape index (κ2) is 4.82. The first-order valence-electron chi connectivity index (χ1n) is 6.39. The van der Waals surface area contributed by atoms with E-state index in [-0.39, 0.29) is 5.15 Å². The lowest BCUT2D eigenvalue weighted by Crippen LogP contribution is -2.05. The van der Waals surface area contributed by atoms with E-state index in [0.717, 1.165) is 23.7 Å². The van der Waals surface area contributed by atoms with Crippen LogP contribution in [0.2, 0.25) is 5.15 Å². The first-order valence-corrected chi connectivity index (χ1v) is 6.77. The molecular weight excluding hydrogens is 262 g/mol. The Morgan fingerprint density at radius 3 is 2.58 bits per heavy atom. The van der Waals surface area contributed by atoms with E-state index < -0.39 is 5.97 Å². The van der Waals surface area contributed by atoms with Crippen LogP contribution in [0, 0.1) is 0 Å². The molecule has 1 aliphatic rings. The fourth-order valence-electron chi connectivity index (χ4n) is 2.64. The Labute approximate surface area is 116 Å². The van der Waals surface area contributed by atoms with Crippen LogP contribution in [-0.4, -0.2) is 18.1 Å². The van der Waals surface area contributed by atoms with Crippen molar-refractivity contribution in [1.82, 2.24) is 4.98 Å². The molecule has 0 spiro atoms. The number of methoxy groups -OCH3 is 1. The Morgan fingerprint density at radius 2 is 1.89 bits per heavy atom. The second-order valence-electron chi connectivity index (χ2n) is 4.84. The fourth-order valence-corrected chi connectivity index (χ4v) is 2.86. The van der Waals surface area contributed by atoms with Crippen LogP contribution < -0.4 is 0 Å². The molecule has 1 aliphatic carbocycles. The van der Waals surface area contributed by atoms with E-state index in [1.54, 1.807) is 6.07 Å². The molecule has 0 radical (unpaired) electrons. The average Bonchev–Trinajstić information content (AvgIpc) is 2.43. The molecule has 0 aliphatic heterocycles. The monoisotopic (exact) mass is 275 g/mol. The summed E-state index contributed by atoms with van der Waals surface area (Å²) in [7, 11) is 1.34. The summed E-state index contributed by atoms with van der Waals surface area (Å²) in [4.78, 5) is 15.9. The van der Waals surface area contributed by atoms with Gasteiger partial charge in [0.2, 0.25) is 0 Å². The molecule has 0 unspecified atom stereocenters.